The van der Waals surface area contributed by atoms with Crippen LogP contribution in [-0.4, -0.2) is 34.9 Å². The lowest BCUT2D eigenvalue weighted by molar-refractivity contribution is -0.150. The van der Waals surface area contributed by atoms with Gasteiger partial charge in [-0.25, -0.2) is 0 Å². The van der Waals surface area contributed by atoms with Crippen molar-refractivity contribution in [3.05, 3.63) is 18.0 Å². The van der Waals surface area contributed by atoms with Crippen molar-refractivity contribution in [2.45, 2.75) is 51.6 Å². The molecule has 1 heterocycles. The zero-order chi connectivity index (χ0) is 14.6. The van der Waals surface area contributed by atoms with E-state index < -0.39 is 5.54 Å². The Morgan fingerprint density at radius 1 is 1.65 bits per heavy atom. The third-order valence-electron chi connectivity index (χ3n) is 4.34. The molecule has 0 amide bonds. The highest BCUT2D eigenvalue weighted by molar-refractivity contribution is 5.81. The van der Waals surface area contributed by atoms with E-state index in [2.05, 4.69) is 10.4 Å². The molecule has 1 aliphatic rings. The standard InChI is InChI=1S/C15H25N3O2/c1-4-16-15(14(19)20-3)9-5-6-13(15)8-11-18-10-7-12(2)17-18/h7,10,13,16H,4-6,8-9,11H2,1-3H3. The van der Waals surface area contributed by atoms with Gasteiger partial charge in [-0.3, -0.25) is 9.48 Å². The second-order valence-corrected chi connectivity index (χ2v) is 5.59. The Bertz CT molecular complexity index is 458. The van der Waals surface area contributed by atoms with Crippen LogP contribution in [0.5, 0.6) is 0 Å². The zero-order valence-electron chi connectivity index (χ0n) is 12.7. The van der Waals surface area contributed by atoms with Crippen molar-refractivity contribution < 1.29 is 9.53 Å². The van der Waals surface area contributed by atoms with Gasteiger partial charge in [0.25, 0.3) is 0 Å². The summed E-state index contributed by atoms with van der Waals surface area (Å²) in [5, 5.41) is 7.81. The highest BCUT2D eigenvalue weighted by Gasteiger charge is 2.48. The monoisotopic (exact) mass is 279 g/mol. The molecular formula is C15H25N3O2. The Hall–Kier alpha value is -1.36. The van der Waals surface area contributed by atoms with Gasteiger partial charge in [-0.1, -0.05) is 13.3 Å². The van der Waals surface area contributed by atoms with Gasteiger partial charge in [0.1, 0.15) is 5.54 Å². The van der Waals surface area contributed by atoms with Crippen LogP contribution in [0.4, 0.5) is 0 Å². The van der Waals surface area contributed by atoms with E-state index in [0.29, 0.717) is 5.92 Å². The highest BCUT2D eigenvalue weighted by Crippen LogP contribution is 2.39. The molecule has 5 heteroatoms. The first-order valence-electron chi connectivity index (χ1n) is 7.46. The molecule has 0 spiro atoms. The second kappa shape index (κ2) is 6.39. The number of aromatic nitrogens is 2. The molecule has 0 aromatic carbocycles. The maximum Gasteiger partial charge on any atom is 0.326 e. The molecular weight excluding hydrogens is 254 g/mol. The molecule has 1 aromatic heterocycles. The summed E-state index contributed by atoms with van der Waals surface area (Å²) in [5.41, 5.74) is 0.536. The van der Waals surface area contributed by atoms with E-state index >= 15 is 0 Å². The van der Waals surface area contributed by atoms with Crippen molar-refractivity contribution >= 4 is 5.97 Å². The fourth-order valence-electron chi connectivity index (χ4n) is 3.42. The molecule has 112 valence electrons. The summed E-state index contributed by atoms with van der Waals surface area (Å²) < 4.78 is 7.01. The molecule has 1 N–H and O–H groups in total. The van der Waals surface area contributed by atoms with Crippen LogP contribution in [0.3, 0.4) is 0 Å². The van der Waals surface area contributed by atoms with Gasteiger partial charge >= 0.3 is 5.97 Å². The molecule has 20 heavy (non-hydrogen) atoms. The van der Waals surface area contributed by atoms with Crippen LogP contribution in [0.15, 0.2) is 12.3 Å². The molecule has 5 nitrogen and oxygen atoms in total. The van der Waals surface area contributed by atoms with E-state index in [1.54, 1.807) is 0 Å². The lowest BCUT2D eigenvalue weighted by Crippen LogP contribution is -2.55. The Balaban J connectivity index is 2.06. The van der Waals surface area contributed by atoms with Gasteiger partial charge in [-0.2, -0.15) is 5.10 Å². The van der Waals surface area contributed by atoms with E-state index in [1.165, 1.54) is 7.11 Å². The molecule has 0 bridgehead atoms. The fourth-order valence-corrected chi connectivity index (χ4v) is 3.42. The third-order valence-corrected chi connectivity index (χ3v) is 4.34. The largest absolute Gasteiger partial charge is 0.468 e. The Morgan fingerprint density at radius 3 is 3.05 bits per heavy atom. The number of rotatable bonds is 6. The van der Waals surface area contributed by atoms with Crippen molar-refractivity contribution in [2.75, 3.05) is 13.7 Å². The van der Waals surface area contributed by atoms with Gasteiger partial charge in [-0.15, -0.1) is 0 Å². The van der Waals surface area contributed by atoms with Crippen LogP contribution in [0.25, 0.3) is 0 Å². The van der Waals surface area contributed by atoms with Crippen molar-refractivity contribution in [1.29, 1.82) is 0 Å². The lowest BCUT2D eigenvalue weighted by atomic mass is 9.84. The number of nitrogens with zero attached hydrogens (tertiary/aromatic N) is 2. The van der Waals surface area contributed by atoms with Crippen LogP contribution in [0, 0.1) is 12.8 Å². The zero-order valence-corrected chi connectivity index (χ0v) is 12.7. The number of hydrogen-bond donors (Lipinski definition) is 1. The van der Waals surface area contributed by atoms with Crippen LogP contribution in [-0.2, 0) is 16.1 Å². The number of carbonyl (C=O) groups excluding carboxylic acids is 1. The molecule has 1 fully saturated rings. The topological polar surface area (TPSA) is 56.1 Å². The third kappa shape index (κ3) is 2.87. The lowest BCUT2D eigenvalue weighted by Gasteiger charge is -2.33. The summed E-state index contributed by atoms with van der Waals surface area (Å²) >= 11 is 0. The molecule has 0 aliphatic heterocycles. The first kappa shape index (κ1) is 15.0. The molecule has 1 saturated carbocycles. The molecule has 0 saturated heterocycles. The van der Waals surface area contributed by atoms with E-state index in [1.807, 2.05) is 30.8 Å². The number of methoxy groups -OCH3 is 1. The Kier molecular flexibility index (Phi) is 4.81. The van der Waals surface area contributed by atoms with Crippen molar-refractivity contribution in [1.82, 2.24) is 15.1 Å². The van der Waals surface area contributed by atoms with E-state index in [0.717, 1.165) is 44.5 Å². The summed E-state index contributed by atoms with van der Waals surface area (Å²) in [6.07, 6.45) is 5.96. The number of carbonyl (C=O) groups is 1. The predicted octanol–water partition coefficient (Wildman–Crippen LogP) is 1.90. The summed E-state index contributed by atoms with van der Waals surface area (Å²) in [7, 11) is 1.48. The molecule has 2 unspecified atom stereocenters. The Morgan fingerprint density at radius 2 is 2.45 bits per heavy atom. The van der Waals surface area contributed by atoms with Crippen LogP contribution in [0.1, 0.15) is 38.3 Å². The molecule has 2 rings (SSSR count). The first-order chi connectivity index (χ1) is 9.62. The maximum absolute atomic E-state index is 12.2. The van der Waals surface area contributed by atoms with E-state index in [9.17, 15) is 4.79 Å². The van der Waals surface area contributed by atoms with Gasteiger partial charge in [0.05, 0.1) is 12.8 Å². The molecule has 1 aliphatic carbocycles. The van der Waals surface area contributed by atoms with Crippen LogP contribution >= 0.6 is 0 Å². The number of nitrogens with one attached hydrogen (secondary N) is 1. The average Bonchev–Trinajstić information content (AvgIpc) is 3.03. The second-order valence-electron chi connectivity index (χ2n) is 5.59. The fraction of sp³-hybridized carbons (Fsp3) is 0.733. The quantitative estimate of drug-likeness (QED) is 0.808. The SMILES string of the molecule is CCNC1(C(=O)OC)CCCC1CCn1ccc(C)n1. The van der Waals surface area contributed by atoms with Crippen molar-refractivity contribution in [3.63, 3.8) is 0 Å². The first-order valence-corrected chi connectivity index (χ1v) is 7.46. The van der Waals surface area contributed by atoms with Gasteiger partial charge in [-0.05, 0) is 44.7 Å². The number of aryl methyl sites for hydroxylation is 2. The van der Waals surface area contributed by atoms with E-state index in [-0.39, 0.29) is 5.97 Å². The van der Waals surface area contributed by atoms with Gasteiger partial charge < -0.3 is 10.1 Å². The number of ether oxygens (including phenoxy) is 1. The maximum atomic E-state index is 12.2. The predicted molar refractivity (Wildman–Crippen MR) is 77.3 cm³/mol. The van der Waals surface area contributed by atoms with E-state index in [4.69, 9.17) is 4.74 Å². The highest BCUT2D eigenvalue weighted by atomic mass is 16.5. The van der Waals surface area contributed by atoms with Crippen LogP contribution in [0.2, 0.25) is 0 Å². The molecule has 0 radical (unpaired) electrons. The summed E-state index contributed by atoms with van der Waals surface area (Å²) in [6.45, 7) is 5.66. The normalized spacial score (nSPS) is 25.9. The van der Waals surface area contributed by atoms with Crippen molar-refractivity contribution in [2.24, 2.45) is 5.92 Å². The van der Waals surface area contributed by atoms with Gasteiger partial charge in [0.2, 0.25) is 0 Å². The molecule has 1 aromatic rings. The van der Waals surface area contributed by atoms with Gasteiger partial charge in [0.15, 0.2) is 0 Å². The minimum atomic E-state index is -0.494. The summed E-state index contributed by atoms with van der Waals surface area (Å²) in [4.78, 5) is 12.2. The average molecular weight is 279 g/mol. The number of esters is 1. The smallest absolute Gasteiger partial charge is 0.326 e. The minimum Gasteiger partial charge on any atom is -0.468 e. The number of likely N-dealkylation sites (N-methyl/N-ethyl adjacent to an activating group) is 1. The minimum absolute atomic E-state index is 0.113. The number of hydrogen-bond acceptors (Lipinski definition) is 4. The molecule has 2 atom stereocenters. The van der Waals surface area contributed by atoms with Gasteiger partial charge in [0, 0.05) is 12.7 Å². The van der Waals surface area contributed by atoms with Crippen molar-refractivity contribution in [3.8, 4) is 0 Å². The summed E-state index contributed by atoms with van der Waals surface area (Å²) in [6, 6.07) is 2.01. The van der Waals surface area contributed by atoms with Crippen LogP contribution < -0.4 is 5.32 Å². The Labute approximate surface area is 120 Å². The summed E-state index contributed by atoms with van der Waals surface area (Å²) in [5.74, 6) is 0.206.